The maximum atomic E-state index is 13.1. The average Bonchev–Trinajstić information content (AvgIpc) is 3.20. The van der Waals surface area contributed by atoms with Crippen molar-refractivity contribution < 1.29 is 28.9 Å². The number of aliphatic hydroxyl groups is 1. The highest BCUT2D eigenvalue weighted by molar-refractivity contribution is 5.96. The van der Waals surface area contributed by atoms with E-state index in [1.54, 1.807) is 31.2 Å². The third-order valence-electron chi connectivity index (χ3n) is 6.74. The van der Waals surface area contributed by atoms with E-state index in [1.165, 1.54) is 14.0 Å². The molecule has 2 atom stereocenters. The van der Waals surface area contributed by atoms with Gasteiger partial charge in [-0.3, -0.25) is 9.59 Å². The normalized spacial score (nSPS) is 17.8. The van der Waals surface area contributed by atoms with E-state index in [2.05, 4.69) is 0 Å². The van der Waals surface area contributed by atoms with E-state index in [4.69, 9.17) is 24.9 Å². The number of methoxy groups -OCH3 is 1. The highest BCUT2D eigenvalue weighted by atomic mass is 16.5. The van der Waals surface area contributed by atoms with Gasteiger partial charge in [0.05, 0.1) is 18.3 Å². The Morgan fingerprint density at radius 1 is 1.16 bits per heavy atom. The summed E-state index contributed by atoms with van der Waals surface area (Å²) in [5.41, 5.74) is 8.58. The van der Waals surface area contributed by atoms with Crippen molar-refractivity contribution in [3.05, 3.63) is 70.9 Å². The van der Waals surface area contributed by atoms with E-state index in [0.717, 1.165) is 16.7 Å². The highest BCUT2D eigenvalue weighted by Crippen LogP contribution is 2.44. The molecule has 1 aromatic heterocycles. The van der Waals surface area contributed by atoms with Gasteiger partial charge in [-0.2, -0.15) is 0 Å². The summed E-state index contributed by atoms with van der Waals surface area (Å²) >= 11 is 0. The van der Waals surface area contributed by atoms with Crippen molar-refractivity contribution in [1.82, 2.24) is 4.98 Å². The van der Waals surface area contributed by atoms with Crippen LogP contribution in [-0.2, 0) is 15.9 Å². The van der Waals surface area contributed by atoms with E-state index in [-0.39, 0.29) is 31.0 Å². The van der Waals surface area contributed by atoms with E-state index in [1.807, 2.05) is 38.1 Å². The Hall–Kier alpha value is -3.75. The number of aryl methyl sites for hydroxylation is 1. The van der Waals surface area contributed by atoms with E-state index in [0.29, 0.717) is 40.8 Å². The van der Waals surface area contributed by atoms with Crippen LogP contribution in [0.2, 0.25) is 0 Å². The Bertz CT molecular complexity index is 1360. The minimum Gasteiger partial charge on any atom is -0.493 e. The van der Waals surface area contributed by atoms with Crippen LogP contribution < -0.4 is 19.9 Å². The summed E-state index contributed by atoms with van der Waals surface area (Å²) in [4.78, 5) is 29.1. The van der Waals surface area contributed by atoms with Crippen LogP contribution in [0, 0.1) is 6.92 Å². The van der Waals surface area contributed by atoms with E-state index >= 15 is 0 Å². The van der Waals surface area contributed by atoms with Crippen LogP contribution in [0.3, 0.4) is 0 Å². The number of Topliss-reactive ketones (excluding diaryl/α,β-unsaturated/α-hetero) is 2. The SMILES string of the molecule is COc1cc(C(=O)CCC(C)(O)c2cc3c(c(-c4ccc(C)cc4)n2)OCC3(C)N)ccc1OCC(C)=O. The van der Waals surface area contributed by atoms with Gasteiger partial charge in [0.1, 0.15) is 24.5 Å². The molecule has 0 aliphatic carbocycles. The zero-order valence-corrected chi connectivity index (χ0v) is 22.5. The first kappa shape index (κ1) is 27.3. The molecular formula is C30H34N2O6. The van der Waals surface area contributed by atoms with Crippen LogP contribution in [0.4, 0.5) is 0 Å². The number of carbonyl (C=O) groups excluding carboxylic acids is 2. The molecule has 3 N–H and O–H groups in total. The highest BCUT2D eigenvalue weighted by Gasteiger charge is 2.38. The molecule has 0 saturated carbocycles. The van der Waals surface area contributed by atoms with Crippen molar-refractivity contribution >= 4 is 11.6 Å². The molecule has 2 aromatic carbocycles. The monoisotopic (exact) mass is 518 g/mol. The molecule has 0 amide bonds. The molecule has 8 nitrogen and oxygen atoms in total. The van der Waals surface area contributed by atoms with Crippen LogP contribution in [0.5, 0.6) is 17.2 Å². The molecule has 3 aromatic rings. The van der Waals surface area contributed by atoms with Gasteiger partial charge in [0.2, 0.25) is 0 Å². The Morgan fingerprint density at radius 3 is 2.53 bits per heavy atom. The van der Waals surface area contributed by atoms with Gasteiger partial charge in [0.15, 0.2) is 28.8 Å². The number of pyridine rings is 1. The van der Waals surface area contributed by atoms with Crippen molar-refractivity contribution in [3.63, 3.8) is 0 Å². The summed E-state index contributed by atoms with van der Waals surface area (Å²) in [5, 5.41) is 11.5. The Labute approximate surface area is 222 Å². The number of hydrogen-bond donors (Lipinski definition) is 2. The molecule has 0 bridgehead atoms. The second kappa shape index (κ2) is 10.6. The number of carbonyl (C=O) groups is 2. The first-order chi connectivity index (χ1) is 17.9. The Balaban J connectivity index is 1.59. The number of nitrogens with zero attached hydrogens (tertiary/aromatic N) is 1. The number of aromatic nitrogens is 1. The van der Waals surface area contributed by atoms with Gasteiger partial charge in [-0.05, 0) is 58.4 Å². The third kappa shape index (κ3) is 5.71. The zero-order valence-electron chi connectivity index (χ0n) is 22.5. The fraction of sp³-hybridized carbons (Fsp3) is 0.367. The minimum atomic E-state index is -1.41. The average molecular weight is 519 g/mol. The summed E-state index contributed by atoms with van der Waals surface area (Å²) in [7, 11) is 1.47. The molecule has 0 spiro atoms. The van der Waals surface area contributed by atoms with Crippen molar-refractivity contribution in [3.8, 4) is 28.5 Å². The topological polar surface area (TPSA) is 121 Å². The molecular weight excluding hydrogens is 484 g/mol. The third-order valence-corrected chi connectivity index (χ3v) is 6.74. The van der Waals surface area contributed by atoms with Gasteiger partial charge in [-0.1, -0.05) is 29.8 Å². The maximum absolute atomic E-state index is 13.1. The molecule has 0 saturated heterocycles. The van der Waals surface area contributed by atoms with Gasteiger partial charge < -0.3 is 25.1 Å². The van der Waals surface area contributed by atoms with Gasteiger partial charge in [-0.25, -0.2) is 4.98 Å². The summed E-state index contributed by atoms with van der Waals surface area (Å²) in [6.07, 6.45) is 0.205. The fourth-order valence-corrected chi connectivity index (χ4v) is 4.36. The van der Waals surface area contributed by atoms with E-state index < -0.39 is 11.1 Å². The molecule has 2 heterocycles. The van der Waals surface area contributed by atoms with Gasteiger partial charge in [-0.15, -0.1) is 0 Å². The fourth-order valence-electron chi connectivity index (χ4n) is 4.36. The lowest BCUT2D eigenvalue weighted by atomic mass is 9.88. The quantitative estimate of drug-likeness (QED) is 0.377. The maximum Gasteiger partial charge on any atom is 0.167 e. The number of hydrogen-bond acceptors (Lipinski definition) is 8. The zero-order chi connectivity index (χ0) is 27.7. The lowest BCUT2D eigenvalue weighted by Gasteiger charge is -2.25. The predicted octanol–water partition coefficient (Wildman–Crippen LogP) is 4.47. The van der Waals surface area contributed by atoms with Crippen molar-refractivity contribution in [2.24, 2.45) is 5.73 Å². The first-order valence-corrected chi connectivity index (χ1v) is 12.5. The largest absolute Gasteiger partial charge is 0.493 e. The molecule has 1 aliphatic heterocycles. The Morgan fingerprint density at radius 2 is 1.87 bits per heavy atom. The van der Waals surface area contributed by atoms with Crippen LogP contribution >= 0.6 is 0 Å². The number of rotatable bonds is 10. The van der Waals surface area contributed by atoms with Gasteiger partial charge in [0.25, 0.3) is 0 Å². The molecule has 0 radical (unpaired) electrons. The minimum absolute atomic E-state index is 0.0683. The van der Waals surface area contributed by atoms with Crippen molar-refractivity contribution in [2.75, 3.05) is 20.3 Å². The van der Waals surface area contributed by atoms with Gasteiger partial charge in [0, 0.05) is 23.1 Å². The lowest BCUT2D eigenvalue weighted by molar-refractivity contribution is -0.118. The number of benzene rings is 2. The molecule has 0 fully saturated rings. The van der Waals surface area contributed by atoms with E-state index in [9.17, 15) is 14.7 Å². The van der Waals surface area contributed by atoms with Crippen LogP contribution in [-0.4, -0.2) is 42.0 Å². The van der Waals surface area contributed by atoms with Crippen LogP contribution in [0.15, 0.2) is 48.5 Å². The van der Waals surface area contributed by atoms with Gasteiger partial charge >= 0.3 is 0 Å². The second-order valence-corrected chi connectivity index (χ2v) is 10.4. The molecule has 4 rings (SSSR count). The molecule has 200 valence electrons. The molecule has 1 aliphatic rings. The number of fused-ring (bicyclic) bond motifs is 1. The van der Waals surface area contributed by atoms with Crippen LogP contribution in [0.25, 0.3) is 11.3 Å². The second-order valence-electron chi connectivity index (χ2n) is 10.4. The molecule has 8 heteroatoms. The van der Waals surface area contributed by atoms with Crippen molar-refractivity contribution in [1.29, 1.82) is 0 Å². The number of nitrogens with two attached hydrogens (primary N) is 1. The summed E-state index contributed by atoms with van der Waals surface area (Å²) in [6.45, 7) is 7.19. The lowest BCUT2D eigenvalue weighted by Crippen LogP contribution is -2.35. The molecule has 2 unspecified atom stereocenters. The smallest absolute Gasteiger partial charge is 0.167 e. The summed E-state index contributed by atoms with van der Waals surface area (Å²) in [5.74, 6) is 1.06. The number of ketones is 2. The summed E-state index contributed by atoms with van der Waals surface area (Å²) < 4.78 is 16.7. The Kier molecular flexibility index (Phi) is 7.58. The molecule has 38 heavy (non-hydrogen) atoms. The first-order valence-electron chi connectivity index (χ1n) is 12.5. The predicted molar refractivity (Wildman–Crippen MR) is 144 cm³/mol. The van der Waals surface area contributed by atoms with Crippen molar-refractivity contribution in [2.45, 2.75) is 51.7 Å². The summed E-state index contributed by atoms with van der Waals surface area (Å²) in [6, 6.07) is 14.5. The standard InChI is InChI=1S/C30H34N2O6/c1-18-6-8-20(9-7-18)27-28-22(29(3,31)17-38-28)15-26(32-27)30(4,35)13-12-23(34)21-10-11-24(25(14-21)36-5)37-16-19(2)33/h6-11,14-15,35H,12-13,16-17,31H2,1-5H3. The van der Waals surface area contributed by atoms with Crippen LogP contribution in [0.1, 0.15) is 60.8 Å². The number of ether oxygens (including phenoxy) is 3.